The van der Waals surface area contributed by atoms with Crippen LogP contribution in [-0.4, -0.2) is 29.4 Å². The minimum absolute atomic E-state index is 0.0738. The number of amides is 2. The highest BCUT2D eigenvalue weighted by molar-refractivity contribution is 9.10. The molecule has 2 unspecified atom stereocenters. The maximum Gasteiger partial charge on any atom is 0.278 e. The van der Waals surface area contributed by atoms with E-state index in [1.54, 1.807) is 36.4 Å². The van der Waals surface area contributed by atoms with Gasteiger partial charge in [-0.05, 0) is 48.5 Å². The molecule has 2 aromatic carbocycles. The molecule has 2 aliphatic heterocycles. The minimum atomic E-state index is -1.11. The third-order valence-electron chi connectivity index (χ3n) is 4.24. The Morgan fingerprint density at radius 1 is 1.04 bits per heavy atom. The van der Waals surface area contributed by atoms with Crippen molar-refractivity contribution in [3.8, 4) is 0 Å². The summed E-state index contributed by atoms with van der Waals surface area (Å²) in [6, 6.07) is 12.9. The van der Waals surface area contributed by atoms with E-state index in [0.717, 1.165) is 9.37 Å². The molecule has 2 heterocycles. The summed E-state index contributed by atoms with van der Waals surface area (Å²) in [4.78, 5) is 44.3. The molecule has 26 heavy (non-hydrogen) atoms. The van der Waals surface area contributed by atoms with Gasteiger partial charge >= 0.3 is 0 Å². The minimum Gasteiger partial charge on any atom is -0.381 e. The molecule has 2 atom stereocenters. The van der Waals surface area contributed by atoms with E-state index in [4.69, 9.17) is 16.4 Å². The molecule has 2 amide bonds. The van der Waals surface area contributed by atoms with Crippen LogP contribution in [0.15, 0.2) is 58.2 Å². The van der Waals surface area contributed by atoms with Crippen LogP contribution in [0.2, 0.25) is 5.02 Å². The van der Waals surface area contributed by atoms with Crippen LogP contribution in [0.1, 0.15) is 10.4 Å². The lowest BCUT2D eigenvalue weighted by atomic mass is 9.93. The fraction of sp³-hybridized carbons (Fsp3) is 0.111. The number of ketones is 1. The topological polar surface area (TPSA) is 76.0 Å². The number of fused-ring (bicyclic) bond motifs is 1. The quantitative estimate of drug-likeness (QED) is 0.550. The lowest BCUT2D eigenvalue weighted by Crippen LogP contribution is -2.34. The van der Waals surface area contributed by atoms with Crippen LogP contribution in [0.5, 0.6) is 0 Å². The fourth-order valence-electron chi connectivity index (χ4n) is 2.96. The molecule has 0 radical (unpaired) electrons. The molecule has 6 nitrogen and oxygen atoms in total. The number of anilines is 1. The van der Waals surface area contributed by atoms with E-state index in [1.165, 1.54) is 12.1 Å². The van der Waals surface area contributed by atoms with E-state index in [-0.39, 0.29) is 5.71 Å². The third kappa shape index (κ3) is 2.64. The average Bonchev–Trinajstić information content (AvgIpc) is 3.17. The normalized spacial score (nSPS) is 21.5. The predicted molar refractivity (Wildman–Crippen MR) is 98.2 cm³/mol. The molecule has 1 saturated heterocycles. The van der Waals surface area contributed by atoms with E-state index in [1.807, 2.05) is 0 Å². The Labute approximate surface area is 161 Å². The largest absolute Gasteiger partial charge is 0.381 e. The highest BCUT2D eigenvalue weighted by Crippen LogP contribution is 2.34. The molecule has 0 aliphatic carbocycles. The van der Waals surface area contributed by atoms with Gasteiger partial charge in [-0.25, -0.2) is 4.90 Å². The fourth-order valence-corrected chi connectivity index (χ4v) is 3.35. The molecule has 2 aromatic rings. The number of oxime groups is 1. The van der Waals surface area contributed by atoms with Gasteiger partial charge in [0.15, 0.2) is 0 Å². The first-order valence-electron chi connectivity index (χ1n) is 7.65. The number of nitrogens with zero attached hydrogens (tertiary/aromatic N) is 2. The second-order valence-corrected chi connectivity index (χ2v) is 7.16. The molecule has 4 rings (SSSR count). The highest BCUT2D eigenvalue weighted by atomic mass is 79.9. The Morgan fingerprint density at radius 3 is 2.35 bits per heavy atom. The monoisotopic (exact) mass is 432 g/mol. The Kier molecular flexibility index (Phi) is 4.13. The SMILES string of the molecule is O=C(C1=NOC2C(=O)N(c3ccc(Br)cc3)C(=O)C12)c1ccc(Cl)cc1. The molecule has 0 aromatic heterocycles. The Bertz CT molecular complexity index is 956. The third-order valence-corrected chi connectivity index (χ3v) is 5.02. The highest BCUT2D eigenvalue weighted by Gasteiger charge is 2.57. The second-order valence-electron chi connectivity index (χ2n) is 5.80. The van der Waals surface area contributed by atoms with Gasteiger partial charge in [-0.1, -0.05) is 32.7 Å². The first-order valence-corrected chi connectivity index (χ1v) is 8.82. The van der Waals surface area contributed by atoms with E-state index in [9.17, 15) is 14.4 Å². The van der Waals surface area contributed by atoms with Crippen molar-refractivity contribution in [3.05, 3.63) is 63.6 Å². The van der Waals surface area contributed by atoms with Crippen molar-refractivity contribution in [2.24, 2.45) is 11.1 Å². The van der Waals surface area contributed by atoms with Gasteiger partial charge < -0.3 is 4.84 Å². The summed E-state index contributed by atoms with van der Waals surface area (Å²) >= 11 is 9.14. The van der Waals surface area contributed by atoms with E-state index in [0.29, 0.717) is 16.3 Å². The Morgan fingerprint density at radius 2 is 1.69 bits per heavy atom. The lowest BCUT2D eigenvalue weighted by molar-refractivity contribution is -0.126. The summed E-state index contributed by atoms with van der Waals surface area (Å²) in [6.07, 6.45) is -1.11. The molecule has 0 bridgehead atoms. The van der Waals surface area contributed by atoms with Crippen LogP contribution in [0.25, 0.3) is 0 Å². The molecular formula is C18H10BrClN2O4. The van der Waals surface area contributed by atoms with E-state index < -0.39 is 29.6 Å². The van der Waals surface area contributed by atoms with Crippen molar-refractivity contribution in [2.45, 2.75) is 6.10 Å². The number of carbonyl (C=O) groups excluding carboxylic acids is 3. The number of hydrogen-bond donors (Lipinski definition) is 0. The number of Topliss-reactive ketones (excluding diaryl/α,β-unsaturated/α-hetero) is 1. The first kappa shape index (κ1) is 16.9. The molecule has 8 heteroatoms. The number of imide groups is 1. The second kappa shape index (κ2) is 6.34. The van der Waals surface area contributed by atoms with Gasteiger partial charge in [0.1, 0.15) is 11.6 Å². The van der Waals surface area contributed by atoms with Crippen molar-refractivity contribution in [3.63, 3.8) is 0 Å². The molecule has 0 N–H and O–H groups in total. The standard InChI is InChI=1S/C18H10BrClN2O4/c19-10-3-7-12(8-4-10)22-17(24)13-14(21-26-16(13)18(22)25)15(23)9-1-5-11(20)6-2-9/h1-8,13,16H. The maximum absolute atomic E-state index is 12.8. The smallest absolute Gasteiger partial charge is 0.278 e. The summed E-state index contributed by atoms with van der Waals surface area (Å²) in [6.45, 7) is 0. The van der Waals surface area contributed by atoms with Crippen LogP contribution < -0.4 is 4.90 Å². The van der Waals surface area contributed by atoms with E-state index in [2.05, 4.69) is 21.1 Å². The summed E-state index contributed by atoms with van der Waals surface area (Å²) in [5.41, 5.74) is 0.662. The van der Waals surface area contributed by atoms with Gasteiger partial charge in [0.25, 0.3) is 5.91 Å². The van der Waals surface area contributed by atoms with E-state index >= 15 is 0 Å². The molecule has 2 aliphatic rings. The van der Waals surface area contributed by atoms with Gasteiger partial charge in [-0.3, -0.25) is 14.4 Å². The van der Waals surface area contributed by atoms with Crippen molar-refractivity contribution in [2.75, 3.05) is 4.90 Å². The summed E-state index contributed by atoms with van der Waals surface area (Å²) < 4.78 is 0.817. The van der Waals surface area contributed by atoms with Gasteiger partial charge in [-0.2, -0.15) is 0 Å². The molecule has 130 valence electrons. The summed E-state index contributed by atoms with van der Waals surface area (Å²) in [5, 5.41) is 4.20. The lowest BCUT2D eigenvalue weighted by Gasteiger charge is -2.15. The average molecular weight is 434 g/mol. The number of halogens is 2. The van der Waals surface area contributed by atoms with Crippen molar-refractivity contribution < 1.29 is 19.2 Å². The van der Waals surface area contributed by atoms with Gasteiger partial charge in [0.05, 0.1) is 5.69 Å². The molecular weight excluding hydrogens is 424 g/mol. The van der Waals surface area contributed by atoms with Crippen molar-refractivity contribution >= 4 is 56.5 Å². The zero-order valence-corrected chi connectivity index (χ0v) is 15.4. The maximum atomic E-state index is 12.8. The van der Waals surface area contributed by atoms with Gasteiger partial charge in [0, 0.05) is 15.1 Å². The molecule has 1 fully saturated rings. The number of rotatable bonds is 3. The summed E-state index contributed by atoms with van der Waals surface area (Å²) in [7, 11) is 0. The van der Waals surface area contributed by atoms with Crippen molar-refractivity contribution in [1.29, 1.82) is 0 Å². The number of benzene rings is 2. The first-order chi connectivity index (χ1) is 12.5. The Balaban J connectivity index is 1.65. The van der Waals surface area contributed by atoms with Crippen LogP contribution in [-0.2, 0) is 14.4 Å². The zero-order valence-electron chi connectivity index (χ0n) is 13.1. The Hall–Kier alpha value is -2.51. The number of hydrogen-bond acceptors (Lipinski definition) is 5. The predicted octanol–water partition coefficient (Wildman–Crippen LogP) is 3.23. The van der Waals surface area contributed by atoms with Crippen LogP contribution >= 0.6 is 27.5 Å². The van der Waals surface area contributed by atoms with Crippen LogP contribution in [0.4, 0.5) is 5.69 Å². The van der Waals surface area contributed by atoms with Gasteiger partial charge in [-0.15, -0.1) is 0 Å². The van der Waals surface area contributed by atoms with Crippen molar-refractivity contribution in [1.82, 2.24) is 0 Å². The zero-order chi connectivity index (χ0) is 18.4. The molecule has 0 spiro atoms. The molecule has 0 saturated carbocycles. The number of carbonyl (C=O) groups is 3. The summed E-state index contributed by atoms with van der Waals surface area (Å²) in [5.74, 6) is -2.58. The van der Waals surface area contributed by atoms with Gasteiger partial charge in [0.2, 0.25) is 17.8 Å². The van der Waals surface area contributed by atoms with Crippen LogP contribution in [0.3, 0.4) is 0 Å². The van der Waals surface area contributed by atoms with Crippen LogP contribution in [0, 0.1) is 5.92 Å².